The van der Waals surface area contributed by atoms with Gasteiger partial charge in [0.1, 0.15) is 11.5 Å². The maximum absolute atomic E-state index is 12.1. The van der Waals surface area contributed by atoms with E-state index in [-0.39, 0.29) is 5.91 Å². The highest BCUT2D eigenvalue weighted by molar-refractivity contribution is 6.03. The van der Waals surface area contributed by atoms with Crippen LogP contribution in [-0.2, 0) is 0 Å². The van der Waals surface area contributed by atoms with E-state index in [1.807, 2.05) is 18.2 Å². The van der Waals surface area contributed by atoms with E-state index in [9.17, 15) is 4.79 Å². The van der Waals surface area contributed by atoms with Crippen LogP contribution in [0.1, 0.15) is 10.5 Å². The molecule has 0 aliphatic rings. The summed E-state index contributed by atoms with van der Waals surface area (Å²) < 4.78 is 0. The molecule has 3 rings (SSSR count). The highest BCUT2D eigenvalue weighted by atomic mass is 16.1. The molecule has 6 nitrogen and oxygen atoms in total. The molecule has 0 saturated heterocycles. The van der Waals surface area contributed by atoms with Crippen LogP contribution in [0.5, 0.6) is 0 Å². The Morgan fingerprint density at radius 3 is 3.00 bits per heavy atom. The third-order valence-electron chi connectivity index (χ3n) is 2.94. The quantitative estimate of drug-likeness (QED) is 0.679. The van der Waals surface area contributed by atoms with E-state index >= 15 is 0 Å². The summed E-state index contributed by atoms with van der Waals surface area (Å²) in [6, 6.07) is 10.8. The molecule has 0 aliphatic heterocycles. The third kappa shape index (κ3) is 2.31. The number of amides is 1. The van der Waals surface area contributed by atoms with Gasteiger partial charge < -0.3 is 10.6 Å². The minimum Gasteiger partial charge on any atom is -0.373 e. The van der Waals surface area contributed by atoms with Crippen molar-refractivity contribution in [2.45, 2.75) is 0 Å². The highest BCUT2D eigenvalue weighted by Gasteiger charge is 2.08. The van der Waals surface area contributed by atoms with Gasteiger partial charge in [-0.3, -0.25) is 9.89 Å². The molecule has 100 valence electrons. The van der Waals surface area contributed by atoms with Gasteiger partial charge in [-0.05, 0) is 30.3 Å². The fraction of sp³-hybridized carbons (Fsp3) is 0.0714. The van der Waals surface area contributed by atoms with Crippen LogP contribution in [0, 0.1) is 0 Å². The first kappa shape index (κ1) is 12.2. The van der Waals surface area contributed by atoms with Crippen LogP contribution in [0.3, 0.4) is 0 Å². The van der Waals surface area contributed by atoms with Crippen molar-refractivity contribution in [3.63, 3.8) is 0 Å². The number of H-pyrrole nitrogens is 1. The summed E-state index contributed by atoms with van der Waals surface area (Å²) in [4.78, 5) is 16.3. The molecule has 2 heterocycles. The standard InChI is InChI=1S/C14H13N5O/c1-15-13-4-2-3-11(18-13)14(20)17-10-6-5-9-8-16-19-12(9)7-10/h2-8H,1H3,(H,15,18)(H,16,19)(H,17,20). The number of carbonyl (C=O) groups excluding carboxylic acids is 1. The van der Waals surface area contributed by atoms with Gasteiger partial charge in [-0.1, -0.05) is 6.07 Å². The van der Waals surface area contributed by atoms with Gasteiger partial charge in [-0.2, -0.15) is 5.10 Å². The lowest BCUT2D eigenvalue weighted by Gasteiger charge is -2.06. The topological polar surface area (TPSA) is 82.7 Å². The van der Waals surface area contributed by atoms with Crippen LogP contribution in [0.15, 0.2) is 42.6 Å². The molecule has 0 aliphatic carbocycles. The van der Waals surface area contributed by atoms with Crippen LogP contribution in [-0.4, -0.2) is 28.1 Å². The molecule has 0 fully saturated rings. The van der Waals surface area contributed by atoms with Crippen LogP contribution >= 0.6 is 0 Å². The predicted octanol–water partition coefficient (Wildman–Crippen LogP) is 2.25. The van der Waals surface area contributed by atoms with Crippen LogP contribution in [0.2, 0.25) is 0 Å². The van der Waals surface area contributed by atoms with Crippen molar-refractivity contribution in [3.8, 4) is 0 Å². The van der Waals surface area contributed by atoms with Gasteiger partial charge in [0.05, 0.1) is 11.7 Å². The molecular formula is C14H13N5O. The SMILES string of the molecule is CNc1cccc(C(=O)Nc2ccc3cn[nH]c3c2)n1. The summed E-state index contributed by atoms with van der Waals surface area (Å²) in [7, 11) is 1.76. The molecule has 0 bridgehead atoms. The molecule has 20 heavy (non-hydrogen) atoms. The number of benzene rings is 1. The molecule has 0 spiro atoms. The smallest absolute Gasteiger partial charge is 0.274 e. The van der Waals surface area contributed by atoms with E-state index in [1.165, 1.54) is 0 Å². The largest absolute Gasteiger partial charge is 0.373 e. The summed E-state index contributed by atoms with van der Waals surface area (Å²) in [5.41, 5.74) is 1.93. The average Bonchev–Trinajstić information content (AvgIpc) is 2.95. The highest BCUT2D eigenvalue weighted by Crippen LogP contribution is 2.17. The zero-order chi connectivity index (χ0) is 13.9. The number of anilines is 2. The van der Waals surface area contributed by atoms with Gasteiger partial charge in [0.2, 0.25) is 0 Å². The van der Waals surface area contributed by atoms with Gasteiger partial charge in [0, 0.05) is 18.1 Å². The maximum Gasteiger partial charge on any atom is 0.274 e. The normalized spacial score (nSPS) is 10.4. The Hall–Kier alpha value is -2.89. The number of nitrogens with one attached hydrogen (secondary N) is 3. The van der Waals surface area contributed by atoms with E-state index < -0.39 is 0 Å². The van der Waals surface area contributed by atoms with Gasteiger partial charge in [-0.15, -0.1) is 0 Å². The Morgan fingerprint density at radius 1 is 1.25 bits per heavy atom. The molecule has 3 aromatic rings. The Kier molecular flexibility index (Phi) is 3.04. The summed E-state index contributed by atoms with van der Waals surface area (Å²) in [5, 5.41) is 13.5. The van der Waals surface area contributed by atoms with E-state index in [0.717, 1.165) is 10.9 Å². The summed E-state index contributed by atoms with van der Waals surface area (Å²) in [5.74, 6) is 0.405. The number of hydrogen-bond donors (Lipinski definition) is 3. The molecule has 3 N–H and O–H groups in total. The fourth-order valence-electron chi connectivity index (χ4n) is 1.91. The number of aromatic amines is 1. The second-order valence-electron chi connectivity index (χ2n) is 4.28. The van der Waals surface area contributed by atoms with Gasteiger partial charge in [0.25, 0.3) is 5.91 Å². The lowest BCUT2D eigenvalue weighted by Crippen LogP contribution is -2.14. The van der Waals surface area contributed by atoms with Crippen molar-refractivity contribution in [2.75, 3.05) is 17.7 Å². The average molecular weight is 267 g/mol. The molecule has 0 atom stereocenters. The van der Waals surface area contributed by atoms with E-state index in [2.05, 4.69) is 25.8 Å². The second-order valence-corrected chi connectivity index (χ2v) is 4.28. The van der Waals surface area contributed by atoms with Crippen LogP contribution < -0.4 is 10.6 Å². The lowest BCUT2D eigenvalue weighted by atomic mass is 10.2. The zero-order valence-electron chi connectivity index (χ0n) is 10.8. The Morgan fingerprint density at radius 2 is 2.15 bits per heavy atom. The molecule has 0 unspecified atom stereocenters. The lowest BCUT2D eigenvalue weighted by molar-refractivity contribution is 0.102. The first-order chi connectivity index (χ1) is 9.76. The van der Waals surface area contributed by atoms with Crippen LogP contribution in [0.4, 0.5) is 11.5 Å². The Balaban J connectivity index is 1.83. The summed E-state index contributed by atoms with van der Waals surface area (Å²) in [6.07, 6.45) is 1.74. The second kappa shape index (κ2) is 5.00. The number of hydrogen-bond acceptors (Lipinski definition) is 4. The number of rotatable bonds is 3. The van der Waals surface area contributed by atoms with E-state index in [0.29, 0.717) is 17.2 Å². The van der Waals surface area contributed by atoms with Crippen molar-refractivity contribution in [1.82, 2.24) is 15.2 Å². The number of fused-ring (bicyclic) bond motifs is 1. The maximum atomic E-state index is 12.1. The zero-order valence-corrected chi connectivity index (χ0v) is 10.8. The molecular weight excluding hydrogens is 254 g/mol. The number of nitrogens with zero attached hydrogens (tertiary/aromatic N) is 2. The van der Waals surface area contributed by atoms with Crippen molar-refractivity contribution < 1.29 is 4.79 Å². The molecule has 6 heteroatoms. The first-order valence-electron chi connectivity index (χ1n) is 6.15. The molecule has 2 aromatic heterocycles. The predicted molar refractivity (Wildman–Crippen MR) is 77.8 cm³/mol. The molecule has 1 amide bonds. The van der Waals surface area contributed by atoms with E-state index in [1.54, 1.807) is 31.4 Å². The minimum absolute atomic E-state index is 0.249. The monoisotopic (exact) mass is 267 g/mol. The number of pyridine rings is 1. The molecule has 1 aromatic carbocycles. The van der Waals surface area contributed by atoms with Gasteiger partial charge in [-0.25, -0.2) is 4.98 Å². The van der Waals surface area contributed by atoms with Gasteiger partial charge in [0.15, 0.2) is 0 Å². The summed E-state index contributed by atoms with van der Waals surface area (Å²) >= 11 is 0. The number of aromatic nitrogens is 3. The third-order valence-corrected chi connectivity index (χ3v) is 2.94. The molecule has 0 saturated carbocycles. The van der Waals surface area contributed by atoms with Crippen molar-refractivity contribution in [3.05, 3.63) is 48.3 Å². The number of carbonyl (C=O) groups is 1. The van der Waals surface area contributed by atoms with Crippen LogP contribution in [0.25, 0.3) is 10.9 Å². The van der Waals surface area contributed by atoms with E-state index in [4.69, 9.17) is 0 Å². The molecule has 0 radical (unpaired) electrons. The minimum atomic E-state index is -0.249. The summed E-state index contributed by atoms with van der Waals surface area (Å²) in [6.45, 7) is 0. The fourth-order valence-corrected chi connectivity index (χ4v) is 1.91. The van der Waals surface area contributed by atoms with Crippen molar-refractivity contribution >= 4 is 28.3 Å². The van der Waals surface area contributed by atoms with Crippen molar-refractivity contribution in [2.24, 2.45) is 0 Å². The van der Waals surface area contributed by atoms with Crippen molar-refractivity contribution in [1.29, 1.82) is 0 Å². The Labute approximate surface area is 115 Å². The first-order valence-corrected chi connectivity index (χ1v) is 6.15. The Bertz CT molecular complexity index is 765. The van der Waals surface area contributed by atoms with Gasteiger partial charge >= 0.3 is 0 Å².